The van der Waals surface area contributed by atoms with Crippen LogP contribution in [0.15, 0.2) is 71.6 Å². The van der Waals surface area contributed by atoms with Gasteiger partial charge in [0, 0.05) is 12.2 Å². The predicted octanol–water partition coefficient (Wildman–Crippen LogP) is 3.89. The van der Waals surface area contributed by atoms with Gasteiger partial charge in [-0.3, -0.25) is 4.79 Å². The van der Waals surface area contributed by atoms with Gasteiger partial charge in [-0.1, -0.05) is 37.3 Å². The molecule has 152 valence electrons. The van der Waals surface area contributed by atoms with E-state index in [2.05, 4.69) is 5.32 Å². The van der Waals surface area contributed by atoms with Gasteiger partial charge in [0.25, 0.3) is 0 Å². The molecule has 0 aliphatic heterocycles. The lowest BCUT2D eigenvalue weighted by molar-refractivity contribution is -0.116. The molecule has 1 amide bonds. The quantitative estimate of drug-likeness (QED) is 0.609. The fraction of sp³-hybridized carbons (Fsp3) is 0.227. The Kier molecular flexibility index (Phi) is 6.51. The van der Waals surface area contributed by atoms with E-state index in [1.807, 2.05) is 31.2 Å². The first-order chi connectivity index (χ1) is 13.9. The Morgan fingerprint density at radius 3 is 2.31 bits per heavy atom. The molecule has 0 saturated carbocycles. The fourth-order valence-electron chi connectivity index (χ4n) is 3.01. The second-order valence-corrected chi connectivity index (χ2v) is 8.38. The first-order valence-corrected chi connectivity index (χ1v) is 10.9. The number of amides is 1. The van der Waals surface area contributed by atoms with Gasteiger partial charge >= 0.3 is 0 Å². The van der Waals surface area contributed by atoms with Crippen LogP contribution in [0.5, 0.6) is 5.75 Å². The van der Waals surface area contributed by atoms with E-state index < -0.39 is 15.9 Å². The highest BCUT2D eigenvalue weighted by Crippen LogP contribution is 2.22. The van der Waals surface area contributed by atoms with E-state index in [-0.39, 0.29) is 18.0 Å². The number of hydrogen-bond donors (Lipinski definition) is 1. The van der Waals surface area contributed by atoms with Crippen molar-refractivity contribution in [2.24, 2.45) is 0 Å². The van der Waals surface area contributed by atoms with E-state index in [1.54, 1.807) is 49.4 Å². The molecule has 0 fully saturated rings. The third kappa shape index (κ3) is 4.93. The number of ether oxygens (including phenoxy) is 1. The molecule has 3 rings (SSSR count). The van der Waals surface area contributed by atoms with Crippen molar-refractivity contribution < 1.29 is 17.9 Å². The van der Waals surface area contributed by atoms with Crippen molar-refractivity contribution in [2.75, 3.05) is 25.0 Å². The number of fused-ring (bicyclic) bond motifs is 1. The van der Waals surface area contributed by atoms with Gasteiger partial charge in [-0.05, 0) is 54.1 Å². The lowest BCUT2D eigenvalue weighted by Crippen LogP contribution is -2.37. The monoisotopic (exact) mass is 412 g/mol. The van der Waals surface area contributed by atoms with Crippen molar-refractivity contribution in [2.45, 2.75) is 18.7 Å². The Labute approximate surface area is 171 Å². The molecule has 0 atom stereocenters. The van der Waals surface area contributed by atoms with E-state index >= 15 is 0 Å². The molecule has 29 heavy (non-hydrogen) atoms. The van der Waals surface area contributed by atoms with Crippen molar-refractivity contribution in [1.82, 2.24) is 4.31 Å². The maximum Gasteiger partial charge on any atom is 0.243 e. The lowest BCUT2D eigenvalue weighted by Gasteiger charge is -2.20. The number of likely N-dealkylation sites (N-methyl/N-ethyl adjacent to an activating group) is 1. The summed E-state index contributed by atoms with van der Waals surface area (Å²) in [7, 11) is -3.79. The van der Waals surface area contributed by atoms with Crippen LogP contribution < -0.4 is 10.1 Å². The molecule has 0 bridgehead atoms. The molecule has 1 N–H and O–H groups in total. The van der Waals surface area contributed by atoms with Crippen LogP contribution in [0, 0.1) is 0 Å². The van der Waals surface area contributed by atoms with E-state index in [1.165, 1.54) is 4.31 Å². The average molecular weight is 413 g/mol. The molecular formula is C22H24N2O4S. The first kappa shape index (κ1) is 20.8. The van der Waals surface area contributed by atoms with E-state index in [4.69, 9.17) is 4.74 Å². The number of carbonyl (C=O) groups is 1. The van der Waals surface area contributed by atoms with Crippen LogP contribution in [-0.4, -0.2) is 38.3 Å². The summed E-state index contributed by atoms with van der Waals surface area (Å²) >= 11 is 0. The molecular weight excluding hydrogens is 388 g/mol. The summed E-state index contributed by atoms with van der Waals surface area (Å²) in [6.07, 6.45) is 0. The minimum absolute atomic E-state index is 0.173. The minimum Gasteiger partial charge on any atom is -0.494 e. The number of hydrogen-bond acceptors (Lipinski definition) is 4. The van der Waals surface area contributed by atoms with Crippen LogP contribution in [0.1, 0.15) is 13.8 Å². The van der Waals surface area contributed by atoms with Gasteiger partial charge in [-0.15, -0.1) is 0 Å². The minimum atomic E-state index is -3.79. The Morgan fingerprint density at radius 1 is 0.966 bits per heavy atom. The normalized spacial score (nSPS) is 11.6. The van der Waals surface area contributed by atoms with E-state index in [9.17, 15) is 13.2 Å². The summed E-state index contributed by atoms with van der Waals surface area (Å²) in [6, 6.07) is 19.5. The smallest absolute Gasteiger partial charge is 0.243 e. The zero-order valence-corrected chi connectivity index (χ0v) is 17.3. The van der Waals surface area contributed by atoms with Crippen molar-refractivity contribution >= 4 is 32.4 Å². The summed E-state index contributed by atoms with van der Waals surface area (Å²) in [5, 5.41) is 4.53. The lowest BCUT2D eigenvalue weighted by atomic mass is 10.1. The Hall–Kier alpha value is -2.90. The van der Waals surface area contributed by atoms with Crippen LogP contribution >= 0.6 is 0 Å². The van der Waals surface area contributed by atoms with Crippen LogP contribution in [-0.2, 0) is 14.8 Å². The molecule has 0 aliphatic rings. The van der Waals surface area contributed by atoms with Crippen molar-refractivity contribution in [3.63, 3.8) is 0 Å². The molecule has 3 aromatic carbocycles. The maximum atomic E-state index is 13.0. The molecule has 0 saturated heterocycles. The topological polar surface area (TPSA) is 75.7 Å². The Balaban J connectivity index is 1.74. The molecule has 0 radical (unpaired) electrons. The van der Waals surface area contributed by atoms with Gasteiger partial charge in [0.15, 0.2) is 0 Å². The molecule has 0 spiro atoms. The fourth-order valence-corrected chi connectivity index (χ4v) is 4.45. The number of carbonyl (C=O) groups excluding carboxylic acids is 1. The molecule has 0 aliphatic carbocycles. The van der Waals surface area contributed by atoms with Gasteiger partial charge in [-0.25, -0.2) is 8.42 Å². The van der Waals surface area contributed by atoms with Crippen molar-refractivity contribution in [1.29, 1.82) is 0 Å². The van der Waals surface area contributed by atoms with Crippen LogP contribution in [0.2, 0.25) is 0 Å². The highest BCUT2D eigenvalue weighted by molar-refractivity contribution is 7.89. The highest BCUT2D eigenvalue weighted by atomic mass is 32.2. The first-order valence-electron chi connectivity index (χ1n) is 9.45. The molecule has 6 nitrogen and oxygen atoms in total. The van der Waals surface area contributed by atoms with Gasteiger partial charge < -0.3 is 10.1 Å². The summed E-state index contributed by atoms with van der Waals surface area (Å²) < 4.78 is 32.6. The van der Waals surface area contributed by atoms with Gasteiger partial charge in [0.1, 0.15) is 5.75 Å². The largest absolute Gasteiger partial charge is 0.494 e. The van der Waals surface area contributed by atoms with Crippen LogP contribution in [0.4, 0.5) is 5.69 Å². The SMILES string of the molecule is CCOc1ccc(NC(=O)CN(CC)S(=O)(=O)c2ccc3ccccc3c2)cc1. The predicted molar refractivity (Wildman–Crippen MR) is 115 cm³/mol. The summed E-state index contributed by atoms with van der Waals surface area (Å²) in [5.41, 5.74) is 0.581. The highest BCUT2D eigenvalue weighted by Gasteiger charge is 2.25. The van der Waals surface area contributed by atoms with Gasteiger partial charge in [0.05, 0.1) is 18.0 Å². The molecule has 0 heterocycles. The van der Waals surface area contributed by atoms with Crippen molar-refractivity contribution in [3.05, 3.63) is 66.7 Å². The zero-order chi connectivity index (χ0) is 20.9. The van der Waals surface area contributed by atoms with E-state index in [0.29, 0.717) is 18.0 Å². The summed E-state index contributed by atoms with van der Waals surface area (Å²) in [6.45, 7) is 4.09. The van der Waals surface area contributed by atoms with E-state index in [0.717, 1.165) is 10.8 Å². The Bertz CT molecular complexity index is 1100. The van der Waals surface area contributed by atoms with Crippen LogP contribution in [0.25, 0.3) is 10.8 Å². The number of nitrogens with zero attached hydrogens (tertiary/aromatic N) is 1. The standard InChI is InChI=1S/C22H24N2O4S/c1-3-24(16-22(25)23-19-10-12-20(13-11-19)28-4-2)29(26,27)21-14-9-17-7-5-6-8-18(17)15-21/h5-15H,3-4,16H2,1-2H3,(H,23,25). The number of benzene rings is 3. The molecule has 0 unspecified atom stereocenters. The summed E-state index contributed by atoms with van der Waals surface area (Å²) in [4.78, 5) is 12.6. The molecule has 7 heteroatoms. The average Bonchev–Trinajstić information content (AvgIpc) is 2.73. The van der Waals surface area contributed by atoms with Crippen LogP contribution in [0.3, 0.4) is 0 Å². The third-order valence-corrected chi connectivity index (χ3v) is 6.40. The van der Waals surface area contributed by atoms with Gasteiger partial charge in [-0.2, -0.15) is 4.31 Å². The molecule has 3 aromatic rings. The maximum absolute atomic E-state index is 13.0. The Morgan fingerprint density at radius 2 is 1.66 bits per heavy atom. The zero-order valence-electron chi connectivity index (χ0n) is 16.5. The second-order valence-electron chi connectivity index (χ2n) is 6.45. The molecule has 0 aromatic heterocycles. The number of rotatable bonds is 8. The number of nitrogens with one attached hydrogen (secondary N) is 1. The number of sulfonamides is 1. The summed E-state index contributed by atoms with van der Waals surface area (Å²) in [5.74, 6) is 0.305. The number of anilines is 1. The van der Waals surface area contributed by atoms with Crippen molar-refractivity contribution in [3.8, 4) is 5.75 Å². The van der Waals surface area contributed by atoms with Gasteiger partial charge in [0.2, 0.25) is 15.9 Å². The second kappa shape index (κ2) is 9.07. The third-order valence-electron chi connectivity index (χ3n) is 4.48.